The Bertz CT molecular complexity index is 639. The van der Waals surface area contributed by atoms with E-state index in [9.17, 15) is 4.79 Å². The molecule has 1 aromatic heterocycles. The van der Waals surface area contributed by atoms with Gasteiger partial charge in [-0.2, -0.15) is 0 Å². The molecule has 144 valence electrons. The molecular weight excluding hydrogens is 328 g/mol. The highest BCUT2D eigenvalue weighted by atomic mass is 16.5. The molecule has 0 spiro atoms. The zero-order chi connectivity index (χ0) is 18.7. The van der Waals surface area contributed by atoms with E-state index in [1.165, 1.54) is 0 Å². The van der Waals surface area contributed by atoms with Gasteiger partial charge in [0.1, 0.15) is 0 Å². The van der Waals surface area contributed by atoms with Crippen LogP contribution in [0.1, 0.15) is 45.0 Å². The zero-order valence-electron chi connectivity index (χ0n) is 16.5. The maximum absolute atomic E-state index is 12.9. The van der Waals surface area contributed by atoms with Crippen molar-refractivity contribution in [1.29, 1.82) is 0 Å². The number of likely N-dealkylation sites (tertiary alicyclic amines) is 1. The second kappa shape index (κ2) is 7.92. The molecule has 6 nitrogen and oxygen atoms in total. The number of aryl methyl sites for hydroxylation is 1. The molecule has 3 rings (SSSR count). The summed E-state index contributed by atoms with van der Waals surface area (Å²) in [6.07, 6.45) is 1.99. The summed E-state index contributed by atoms with van der Waals surface area (Å²) in [5.41, 5.74) is 2.87. The normalized spacial score (nSPS) is 20.2. The quantitative estimate of drug-likeness (QED) is 0.820. The Kier molecular flexibility index (Phi) is 5.82. The molecule has 1 N–H and O–H groups in total. The van der Waals surface area contributed by atoms with Crippen molar-refractivity contribution in [2.24, 2.45) is 0 Å². The lowest BCUT2D eigenvalue weighted by Crippen LogP contribution is -2.50. The van der Waals surface area contributed by atoms with Gasteiger partial charge in [-0.1, -0.05) is 13.8 Å². The molecular formula is C20H32N4O2. The minimum Gasteiger partial charge on any atom is -0.380 e. The first-order valence-electron chi connectivity index (χ1n) is 9.77. The molecule has 0 atom stereocenters. The topological polar surface area (TPSA) is 57.7 Å². The van der Waals surface area contributed by atoms with Crippen molar-refractivity contribution in [2.45, 2.75) is 52.0 Å². The van der Waals surface area contributed by atoms with Crippen LogP contribution in [0.4, 0.5) is 10.5 Å². The van der Waals surface area contributed by atoms with Gasteiger partial charge in [0.05, 0.1) is 18.0 Å². The SMILES string of the molecule is CCOCCN1CCC(NC(=O)N2CC(C)(C)c3nc(C)ccc32)CC1. The standard InChI is InChI=1S/C20H32N4O2/c1-5-26-13-12-23-10-8-16(9-11-23)22-19(25)24-14-20(3,4)18-17(24)7-6-15(2)21-18/h6-7,16H,5,8-14H2,1-4H3,(H,22,25). The number of nitrogens with zero attached hydrogens (tertiary/aromatic N) is 3. The van der Waals surface area contributed by atoms with E-state index in [2.05, 4.69) is 24.1 Å². The highest BCUT2D eigenvalue weighted by Crippen LogP contribution is 2.39. The van der Waals surface area contributed by atoms with Gasteiger partial charge in [-0.15, -0.1) is 0 Å². The number of anilines is 1. The Hall–Kier alpha value is -1.66. The molecule has 0 bridgehead atoms. The van der Waals surface area contributed by atoms with Gasteiger partial charge in [0, 0.05) is 49.9 Å². The third-order valence-electron chi connectivity index (χ3n) is 5.41. The molecule has 0 saturated carbocycles. The predicted octanol–water partition coefficient (Wildman–Crippen LogP) is 2.70. The monoisotopic (exact) mass is 360 g/mol. The maximum Gasteiger partial charge on any atom is 0.322 e. The lowest BCUT2D eigenvalue weighted by Gasteiger charge is -2.33. The van der Waals surface area contributed by atoms with Crippen molar-refractivity contribution in [1.82, 2.24) is 15.2 Å². The van der Waals surface area contributed by atoms with Crippen molar-refractivity contribution < 1.29 is 9.53 Å². The van der Waals surface area contributed by atoms with Gasteiger partial charge in [-0.05, 0) is 38.8 Å². The summed E-state index contributed by atoms with van der Waals surface area (Å²) in [6, 6.07) is 4.27. The largest absolute Gasteiger partial charge is 0.380 e. The van der Waals surface area contributed by atoms with E-state index >= 15 is 0 Å². The van der Waals surface area contributed by atoms with Crippen LogP contribution >= 0.6 is 0 Å². The number of urea groups is 1. The Morgan fingerprint density at radius 1 is 1.35 bits per heavy atom. The lowest BCUT2D eigenvalue weighted by atomic mass is 9.91. The van der Waals surface area contributed by atoms with Crippen LogP contribution in [-0.2, 0) is 10.2 Å². The molecule has 1 aromatic rings. The van der Waals surface area contributed by atoms with E-state index in [0.717, 1.165) is 62.8 Å². The number of aromatic nitrogens is 1. The summed E-state index contributed by atoms with van der Waals surface area (Å²) in [5, 5.41) is 3.24. The fraction of sp³-hybridized carbons (Fsp3) is 0.700. The summed E-state index contributed by atoms with van der Waals surface area (Å²) in [4.78, 5) is 21.9. The van der Waals surface area contributed by atoms with Gasteiger partial charge in [0.25, 0.3) is 0 Å². The zero-order valence-corrected chi connectivity index (χ0v) is 16.5. The molecule has 0 aliphatic carbocycles. The number of fused-ring (bicyclic) bond motifs is 1. The molecule has 2 aliphatic heterocycles. The Balaban J connectivity index is 1.55. The summed E-state index contributed by atoms with van der Waals surface area (Å²) in [7, 11) is 0. The minimum atomic E-state index is -0.110. The van der Waals surface area contributed by atoms with Crippen LogP contribution in [0.15, 0.2) is 12.1 Å². The molecule has 0 aromatic carbocycles. The van der Waals surface area contributed by atoms with Gasteiger partial charge in [0.15, 0.2) is 0 Å². The van der Waals surface area contributed by atoms with Gasteiger partial charge in [-0.25, -0.2) is 4.79 Å². The van der Waals surface area contributed by atoms with E-state index in [0.29, 0.717) is 6.54 Å². The van der Waals surface area contributed by atoms with Gasteiger partial charge in [0.2, 0.25) is 0 Å². The molecule has 2 amide bonds. The minimum absolute atomic E-state index is 0.00949. The first kappa shape index (κ1) is 19.1. The van der Waals surface area contributed by atoms with Crippen LogP contribution in [0, 0.1) is 6.92 Å². The highest BCUT2D eigenvalue weighted by Gasteiger charge is 2.40. The Morgan fingerprint density at radius 3 is 2.77 bits per heavy atom. The van der Waals surface area contributed by atoms with Crippen molar-refractivity contribution in [3.63, 3.8) is 0 Å². The first-order valence-corrected chi connectivity index (χ1v) is 9.77. The number of carbonyl (C=O) groups is 1. The number of piperidine rings is 1. The van der Waals surface area contributed by atoms with E-state index in [1.54, 1.807) is 0 Å². The number of hydrogen-bond acceptors (Lipinski definition) is 4. The number of carbonyl (C=O) groups excluding carboxylic acids is 1. The predicted molar refractivity (Wildman–Crippen MR) is 104 cm³/mol. The van der Waals surface area contributed by atoms with Crippen molar-refractivity contribution in [2.75, 3.05) is 44.3 Å². The third kappa shape index (κ3) is 4.18. The van der Waals surface area contributed by atoms with Crippen LogP contribution < -0.4 is 10.2 Å². The number of nitrogens with one attached hydrogen (secondary N) is 1. The second-order valence-corrected chi connectivity index (χ2v) is 8.05. The smallest absolute Gasteiger partial charge is 0.322 e. The molecule has 0 unspecified atom stereocenters. The Labute approximate surface area is 156 Å². The van der Waals surface area contributed by atoms with Crippen LogP contribution in [0.2, 0.25) is 0 Å². The van der Waals surface area contributed by atoms with Crippen molar-refractivity contribution in [3.05, 3.63) is 23.5 Å². The van der Waals surface area contributed by atoms with E-state index in [4.69, 9.17) is 9.72 Å². The number of pyridine rings is 1. The van der Waals surface area contributed by atoms with E-state index in [1.807, 2.05) is 30.9 Å². The fourth-order valence-electron chi connectivity index (χ4n) is 3.89. The average Bonchev–Trinajstić information content (AvgIpc) is 2.88. The summed E-state index contributed by atoms with van der Waals surface area (Å²) in [5.74, 6) is 0. The molecule has 6 heteroatoms. The van der Waals surface area contributed by atoms with Crippen molar-refractivity contribution >= 4 is 11.7 Å². The van der Waals surface area contributed by atoms with Crippen LogP contribution in [0.25, 0.3) is 0 Å². The highest BCUT2D eigenvalue weighted by molar-refractivity contribution is 5.94. The van der Waals surface area contributed by atoms with Crippen molar-refractivity contribution in [3.8, 4) is 0 Å². The van der Waals surface area contributed by atoms with E-state index < -0.39 is 0 Å². The fourth-order valence-corrected chi connectivity index (χ4v) is 3.89. The Morgan fingerprint density at radius 2 is 2.08 bits per heavy atom. The molecule has 3 heterocycles. The van der Waals surface area contributed by atoms with Crippen LogP contribution in [-0.4, -0.2) is 61.3 Å². The average molecular weight is 361 g/mol. The third-order valence-corrected chi connectivity index (χ3v) is 5.41. The van der Waals surface area contributed by atoms with E-state index in [-0.39, 0.29) is 17.5 Å². The van der Waals surface area contributed by atoms with Gasteiger partial charge in [-0.3, -0.25) is 9.88 Å². The summed E-state index contributed by atoms with van der Waals surface area (Å²) in [6.45, 7) is 13.6. The van der Waals surface area contributed by atoms with Crippen LogP contribution in [0.3, 0.4) is 0 Å². The van der Waals surface area contributed by atoms with Crippen LogP contribution in [0.5, 0.6) is 0 Å². The number of ether oxygens (including phenoxy) is 1. The lowest BCUT2D eigenvalue weighted by molar-refractivity contribution is 0.100. The molecule has 1 saturated heterocycles. The number of hydrogen-bond donors (Lipinski definition) is 1. The molecule has 2 aliphatic rings. The summed E-state index contributed by atoms with van der Waals surface area (Å²) >= 11 is 0. The van der Waals surface area contributed by atoms with Gasteiger partial charge >= 0.3 is 6.03 Å². The first-order chi connectivity index (χ1) is 12.4. The second-order valence-electron chi connectivity index (χ2n) is 8.05. The molecule has 26 heavy (non-hydrogen) atoms. The number of rotatable bonds is 5. The van der Waals surface area contributed by atoms with Gasteiger partial charge < -0.3 is 15.0 Å². The maximum atomic E-state index is 12.9. The molecule has 1 fully saturated rings. The summed E-state index contributed by atoms with van der Waals surface area (Å²) < 4.78 is 5.43. The number of amides is 2. The molecule has 0 radical (unpaired) electrons.